The Kier molecular flexibility index (Phi) is 4.98. The number of ether oxygens (including phenoxy) is 1. The number of anilines is 2. The molecule has 0 fully saturated rings. The smallest absolute Gasteiger partial charge is 0.237 e. The fourth-order valence-corrected chi connectivity index (χ4v) is 3.48. The van der Waals surface area contributed by atoms with Gasteiger partial charge in [0.05, 0.1) is 18.2 Å². The van der Waals surface area contributed by atoms with Crippen molar-refractivity contribution < 1.29 is 18.3 Å². The van der Waals surface area contributed by atoms with Gasteiger partial charge in [-0.2, -0.15) is 0 Å². The Morgan fingerprint density at radius 2 is 1.83 bits per heavy atom. The maximum absolute atomic E-state index is 14.9. The number of halogens is 2. The van der Waals surface area contributed by atoms with Gasteiger partial charge < -0.3 is 15.8 Å². The monoisotopic (exact) mass is 402 g/mol. The van der Waals surface area contributed by atoms with E-state index >= 15 is 0 Å². The van der Waals surface area contributed by atoms with Gasteiger partial charge in [0.15, 0.2) is 5.96 Å². The van der Waals surface area contributed by atoms with Gasteiger partial charge in [-0.05, 0) is 51.1 Å². The van der Waals surface area contributed by atoms with Crippen LogP contribution in [0.4, 0.5) is 20.2 Å². The van der Waals surface area contributed by atoms with Crippen LogP contribution in [-0.4, -0.2) is 30.9 Å². The van der Waals surface area contributed by atoms with E-state index in [0.717, 1.165) is 0 Å². The highest BCUT2D eigenvalue weighted by molar-refractivity contribution is 6.01. The van der Waals surface area contributed by atoms with Crippen LogP contribution in [0, 0.1) is 17.0 Å². The van der Waals surface area contributed by atoms with E-state index in [1.165, 1.54) is 49.4 Å². The van der Waals surface area contributed by atoms with Gasteiger partial charge in [0.25, 0.3) is 0 Å². The minimum atomic E-state index is -1.24. The Morgan fingerprint density at radius 1 is 1.14 bits per heavy atom. The van der Waals surface area contributed by atoms with Crippen LogP contribution in [0.25, 0.3) is 0 Å². The maximum atomic E-state index is 14.9. The molecule has 0 spiro atoms. The van der Waals surface area contributed by atoms with E-state index < -0.39 is 22.6 Å². The van der Waals surface area contributed by atoms with Crippen LogP contribution in [0.1, 0.15) is 26.3 Å². The summed E-state index contributed by atoms with van der Waals surface area (Å²) in [6, 6.07) is 8.40. The van der Waals surface area contributed by atoms with E-state index in [0.29, 0.717) is 17.1 Å². The van der Waals surface area contributed by atoms with Crippen molar-refractivity contribution in [1.29, 1.82) is 0 Å². The number of nitrogens with two attached hydrogens (primary N) is 1. The molecule has 0 unspecified atom stereocenters. The van der Waals surface area contributed by atoms with Crippen molar-refractivity contribution in [2.45, 2.75) is 26.3 Å². The van der Waals surface area contributed by atoms with Crippen molar-refractivity contribution in [3.8, 4) is 5.75 Å². The van der Waals surface area contributed by atoms with E-state index in [4.69, 9.17) is 10.5 Å². The van der Waals surface area contributed by atoms with Gasteiger partial charge in [0, 0.05) is 24.4 Å². The molecule has 1 aliphatic rings. The third-order valence-electron chi connectivity index (χ3n) is 5.67. The van der Waals surface area contributed by atoms with Crippen LogP contribution in [0.2, 0.25) is 0 Å². The van der Waals surface area contributed by atoms with Crippen molar-refractivity contribution in [3.63, 3.8) is 0 Å². The zero-order valence-electron chi connectivity index (χ0n) is 17.0. The largest absolute Gasteiger partial charge is 0.495 e. The summed E-state index contributed by atoms with van der Waals surface area (Å²) in [5.74, 6) is -0.785. The van der Waals surface area contributed by atoms with Crippen LogP contribution >= 0.6 is 0 Å². The van der Waals surface area contributed by atoms with Gasteiger partial charge in [0.2, 0.25) is 5.91 Å². The molecular formula is C21H24F2N4O2. The number of aliphatic imine (C=N–C) groups is 1. The summed E-state index contributed by atoms with van der Waals surface area (Å²) in [6.45, 7) is 5.09. The second-order valence-corrected chi connectivity index (χ2v) is 7.70. The van der Waals surface area contributed by atoms with Crippen molar-refractivity contribution >= 4 is 23.2 Å². The number of benzene rings is 2. The number of nitrogens with one attached hydrogen (secondary N) is 1. The predicted molar refractivity (Wildman–Crippen MR) is 108 cm³/mol. The van der Waals surface area contributed by atoms with Crippen LogP contribution in [0.3, 0.4) is 0 Å². The molecular weight excluding hydrogens is 378 g/mol. The lowest BCUT2D eigenvalue weighted by molar-refractivity contribution is -0.140. The zero-order chi connectivity index (χ0) is 21.6. The van der Waals surface area contributed by atoms with Gasteiger partial charge in [0.1, 0.15) is 22.9 Å². The maximum Gasteiger partial charge on any atom is 0.237 e. The molecule has 0 bridgehead atoms. The van der Waals surface area contributed by atoms with E-state index in [9.17, 15) is 13.6 Å². The molecule has 8 heteroatoms. The van der Waals surface area contributed by atoms with Gasteiger partial charge in [-0.1, -0.05) is 0 Å². The number of rotatable bonds is 4. The van der Waals surface area contributed by atoms with Crippen LogP contribution in [0.15, 0.2) is 41.4 Å². The van der Waals surface area contributed by atoms with E-state index in [2.05, 4.69) is 10.3 Å². The van der Waals surface area contributed by atoms with Gasteiger partial charge in [-0.15, -0.1) is 0 Å². The molecule has 0 aromatic heterocycles. The Hall–Kier alpha value is -3.16. The SMILES string of the molecule is COc1ccc(F)cc1Nc1ccc(F)c([C@@]2(C)N=C(N)N(C)C(=O)C2(C)C)c1. The number of methoxy groups -OCH3 is 1. The molecule has 1 amide bonds. The Balaban J connectivity index is 2.11. The van der Waals surface area contributed by atoms with E-state index in [1.807, 2.05) is 0 Å². The number of guanidine groups is 1. The number of carbonyl (C=O) groups excluding carboxylic acids is 1. The molecule has 2 aromatic carbocycles. The molecule has 0 radical (unpaired) electrons. The topological polar surface area (TPSA) is 80.0 Å². The molecule has 0 saturated carbocycles. The zero-order valence-corrected chi connectivity index (χ0v) is 17.0. The summed E-state index contributed by atoms with van der Waals surface area (Å²) in [5, 5.41) is 3.04. The van der Waals surface area contributed by atoms with Crippen molar-refractivity contribution in [3.05, 3.63) is 53.6 Å². The van der Waals surface area contributed by atoms with Crippen LogP contribution in [0.5, 0.6) is 5.75 Å². The lowest BCUT2D eigenvalue weighted by Gasteiger charge is -2.46. The molecule has 2 aromatic rings. The van der Waals surface area contributed by atoms with Crippen molar-refractivity contribution in [2.75, 3.05) is 19.5 Å². The normalized spacial score (nSPS) is 21.0. The van der Waals surface area contributed by atoms with Crippen LogP contribution < -0.4 is 15.8 Å². The average molecular weight is 402 g/mol. The second-order valence-electron chi connectivity index (χ2n) is 7.70. The van der Waals surface area contributed by atoms with Gasteiger partial charge in [-0.3, -0.25) is 9.69 Å². The summed E-state index contributed by atoms with van der Waals surface area (Å²) < 4.78 is 33.8. The average Bonchev–Trinajstić information content (AvgIpc) is 2.67. The number of hydrogen-bond acceptors (Lipinski definition) is 5. The van der Waals surface area contributed by atoms with Crippen LogP contribution in [-0.2, 0) is 10.3 Å². The quantitative estimate of drug-likeness (QED) is 0.816. The molecule has 0 saturated heterocycles. The molecule has 3 N–H and O–H groups in total. The number of hydrogen-bond donors (Lipinski definition) is 2. The van der Waals surface area contributed by atoms with Crippen molar-refractivity contribution in [2.24, 2.45) is 16.1 Å². The Labute approximate surface area is 168 Å². The minimum absolute atomic E-state index is 0.0152. The first kappa shape index (κ1) is 20.6. The first-order chi connectivity index (χ1) is 13.5. The minimum Gasteiger partial charge on any atom is -0.495 e. The molecule has 154 valence electrons. The van der Waals surface area contributed by atoms with E-state index in [-0.39, 0.29) is 17.4 Å². The molecule has 6 nitrogen and oxygen atoms in total. The third kappa shape index (κ3) is 3.28. The summed E-state index contributed by atoms with van der Waals surface area (Å²) in [7, 11) is 3.01. The highest BCUT2D eigenvalue weighted by Crippen LogP contribution is 2.48. The molecule has 3 rings (SSSR count). The second kappa shape index (κ2) is 7.02. The molecule has 1 aliphatic heterocycles. The molecule has 0 aliphatic carbocycles. The fourth-order valence-electron chi connectivity index (χ4n) is 3.48. The molecule has 1 atom stereocenters. The summed E-state index contributed by atoms with van der Waals surface area (Å²) in [6.07, 6.45) is 0. The first-order valence-electron chi connectivity index (χ1n) is 9.05. The fraction of sp³-hybridized carbons (Fsp3) is 0.333. The highest BCUT2D eigenvalue weighted by Gasteiger charge is 2.53. The summed E-state index contributed by atoms with van der Waals surface area (Å²) in [5.41, 5.74) is 4.71. The van der Waals surface area contributed by atoms with E-state index in [1.54, 1.807) is 26.8 Å². The summed E-state index contributed by atoms with van der Waals surface area (Å²) >= 11 is 0. The third-order valence-corrected chi connectivity index (χ3v) is 5.67. The first-order valence-corrected chi connectivity index (χ1v) is 9.05. The predicted octanol–water partition coefficient (Wildman–Crippen LogP) is 3.75. The lowest BCUT2D eigenvalue weighted by atomic mass is 9.67. The molecule has 29 heavy (non-hydrogen) atoms. The number of amides is 1. The van der Waals surface area contributed by atoms with Gasteiger partial charge in [-0.25, -0.2) is 13.8 Å². The Morgan fingerprint density at radius 3 is 2.48 bits per heavy atom. The lowest BCUT2D eigenvalue weighted by Crippen LogP contribution is -2.58. The standard InChI is InChI=1S/C21H24F2N4O2/c1-20(2)18(28)27(4)19(24)26-21(20,3)14-11-13(7-8-15(14)23)25-16-10-12(22)6-9-17(16)29-5/h6-11,25H,1-5H3,(H2,24,26)/t21-/m1/s1. The number of carbonyl (C=O) groups is 1. The number of nitrogens with zero attached hydrogens (tertiary/aromatic N) is 2. The summed E-state index contributed by atoms with van der Waals surface area (Å²) in [4.78, 5) is 18.6. The van der Waals surface area contributed by atoms with Gasteiger partial charge >= 0.3 is 0 Å². The highest BCUT2D eigenvalue weighted by atomic mass is 19.1. The Bertz CT molecular complexity index is 1010. The molecule has 1 heterocycles. The van der Waals surface area contributed by atoms with Crippen molar-refractivity contribution in [1.82, 2.24) is 4.90 Å².